The molecule has 0 aromatic heterocycles. The Bertz CT molecular complexity index is 1270. The van der Waals surface area contributed by atoms with Gasteiger partial charge in [0, 0.05) is 22.0 Å². The van der Waals surface area contributed by atoms with Crippen molar-refractivity contribution in [2.75, 3.05) is 17.2 Å². The predicted octanol–water partition coefficient (Wildman–Crippen LogP) is 4.37. The molecule has 0 atom stereocenters. The van der Waals surface area contributed by atoms with Crippen LogP contribution in [0.25, 0.3) is 0 Å². The van der Waals surface area contributed by atoms with E-state index >= 15 is 0 Å². The van der Waals surface area contributed by atoms with Crippen LogP contribution in [-0.4, -0.2) is 30.5 Å². The molecule has 0 radical (unpaired) electrons. The molecule has 0 aliphatic carbocycles. The van der Waals surface area contributed by atoms with Crippen molar-refractivity contribution in [2.45, 2.75) is 20.8 Å². The number of hydrogen-bond acceptors (Lipinski definition) is 5. The lowest BCUT2D eigenvalue weighted by Gasteiger charge is -2.12. The number of nitrogens with zero attached hydrogens (tertiary/aromatic N) is 1. The van der Waals surface area contributed by atoms with Crippen molar-refractivity contribution in [3.63, 3.8) is 0 Å². The summed E-state index contributed by atoms with van der Waals surface area (Å²) in [7, 11) is 0. The molecular weight excluding hydrogens is 468 g/mol. The number of anilines is 2. The van der Waals surface area contributed by atoms with Gasteiger partial charge < -0.3 is 15.4 Å². The highest BCUT2D eigenvalue weighted by atomic mass is 35.5. The van der Waals surface area contributed by atoms with E-state index in [-0.39, 0.29) is 12.5 Å². The Morgan fingerprint density at radius 2 is 1.60 bits per heavy atom. The maximum Gasteiger partial charge on any atom is 0.329 e. The second-order valence-corrected chi connectivity index (χ2v) is 8.29. The first-order chi connectivity index (χ1) is 16.7. The van der Waals surface area contributed by atoms with Crippen LogP contribution in [0.2, 0.25) is 5.02 Å². The van der Waals surface area contributed by atoms with Gasteiger partial charge in [0.15, 0.2) is 6.61 Å². The third-order valence-corrected chi connectivity index (χ3v) is 5.11. The number of amides is 3. The molecule has 180 valence electrons. The molecule has 0 saturated heterocycles. The minimum absolute atomic E-state index is 0.249. The predicted molar refractivity (Wildman–Crippen MR) is 137 cm³/mol. The Balaban J connectivity index is 1.58. The van der Waals surface area contributed by atoms with Crippen LogP contribution in [0, 0.1) is 20.8 Å². The highest BCUT2D eigenvalue weighted by molar-refractivity contribution is 6.39. The standard InChI is InChI=1S/C26H25ClN4O4/c1-16-4-8-21(9-5-16)29-25(33)26(34)31-28-14-19-13-20(27)7-11-23(19)35-15-24(32)30-22-10-6-17(2)12-18(22)3/h4-14H,15H2,1-3H3,(H,29,33)(H,30,32)(H,31,34)/b28-14-. The molecule has 3 aromatic rings. The Morgan fingerprint density at radius 3 is 2.31 bits per heavy atom. The smallest absolute Gasteiger partial charge is 0.329 e. The molecule has 3 amide bonds. The van der Waals surface area contributed by atoms with Crippen molar-refractivity contribution in [3.05, 3.63) is 87.9 Å². The summed E-state index contributed by atoms with van der Waals surface area (Å²) in [6, 6.07) is 17.5. The summed E-state index contributed by atoms with van der Waals surface area (Å²) in [6.45, 7) is 5.55. The zero-order chi connectivity index (χ0) is 25.4. The van der Waals surface area contributed by atoms with Crippen LogP contribution in [-0.2, 0) is 14.4 Å². The van der Waals surface area contributed by atoms with Crippen molar-refractivity contribution < 1.29 is 19.1 Å². The van der Waals surface area contributed by atoms with Crippen LogP contribution in [0.5, 0.6) is 5.75 Å². The van der Waals surface area contributed by atoms with Crippen LogP contribution in [0.1, 0.15) is 22.3 Å². The quantitative estimate of drug-likeness (QED) is 0.258. The average Bonchev–Trinajstić information content (AvgIpc) is 2.81. The molecule has 0 heterocycles. The van der Waals surface area contributed by atoms with Crippen molar-refractivity contribution in [3.8, 4) is 5.75 Å². The Kier molecular flexibility index (Phi) is 8.58. The first-order valence-electron chi connectivity index (χ1n) is 10.7. The van der Waals surface area contributed by atoms with E-state index in [9.17, 15) is 14.4 Å². The topological polar surface area (TPSA) is 109 Å². The number of hydrogen-bond donors (Lipinski definition) is 3. The number of aryl methyl sites for hydroxylation is 3. The molecule has 3 N–H and O–H groups in total. The molecule has 0 bridgehead atoms. The van der Waals surface area contributed by atoms with Crippen LogP contribution in [0.3, 0.4) is 0 Å². The van der Waals surface area contributed by atoms with E-state index in [1.165, 1.54) is 6.21 Å². The lowest BCUT2D eigenvalue weighted by Crippen LogP contribution is -2.32. The lowest BCUT2D eigenvalue weighted by atomic mass is 10.1. The van der Waals surface area contributed by atoms with Crippen molar-refractivity contribution >= 4 is 46.9 Å². The van der Waals surface area contributed by atoms with Crippen LogP contribution in [0.15, 0.2) is 65.8 Å². The van der Waals surface area contributed by atoms with E-state index in [4.69, 9.17) is 16.3 Å². The van der Waals surface area contributed by atoms with E-state index in [0.717, 1.165) is 16.7 Å². The summed E-state index contributed by atoms with van der Waals surface area (Å²) in [5.74, 6) is -1.82. The number of carbonyl (C=O) groups excluding carboxylic acids is 3. The number of halogens is 1. The molecule has 0 aliphatic rings. The number of carbonyl (C=O) groups is 3. The third kappa shape index (κ3) is 7.68. The summed E-state index contributed by atoms with van der Waals surface area (Å²) in [6.07, 6.45) is 1.28. The fourth-order valence-corrected chi connectivity index (χ4v) is 3.25. The van der Waals surface area contributed by atoms with Gasteiger partial charge in [-0.1, -0.05) is 47.0 Å². The molecule has 8 nitrogen and oxygen atoms in total. The summed E-state index contributed by atoms with van der Waals surface area (Å²) < 4.78 is 5.63. The summed E-state index contributed by atoms with van der Waals surface area (Å²) in [5.41, 5.74) is 6.83. The monoisotopic (exact) mass is 492 g/mol. The number of ether oxygens (including phenoxy) is 1. The molecule has 0 unspecified atom stereocenters. The number of nitrogens with one attached hydrogen (secondary N) is 3. The van der Waals surface area contributed by atoms with E-state index in [1.807, 2.05) is 51.1 Å². The zero-order valence-corrected chi connectivity index (χ0v) is 20.3. The summed E-state index contributed by atoms with van der Waals surface area (Å²) in [4.78, 5) is 36.4. The highest BCUT2D eigenvalue weighted by Crippen LogP contribution is 2.22. The number of rotatable bonds is 7. The van der Waals surface area contributed by atoms with Gasteiger partial charge in [-0.15, -0.1) is 0 Å². The van der Waals surface area contributed by atoms with Gasteiger partial charge in [-0.25, -0.2) is 5.43 Å². The molecule has 0 fully saturated rings. The van der Waals surface area contributed by atoms with E-state index in [1.54, 1.807) is 30.3 Å². The molecule has 35 heavy (non-hydrogen) atoms. The summed E-state index contributed by atoms with van der Waals surface area (Å²) >= 11 is 6.06. The Labute approximate surface area is 208 Å². The molecular formula is C26H25ClN4O4. The van der Waals surface area contributed by atoms with Gasteiger partial charge in [-0.2, -0.15) is 5.10 Å². The average molecular weight is 493 g/mol. The molecule has 0 spiro atoms. The number of hydrazone groups is 1. The van der Waals surface area contributed by atoms with Gasteiger partial charge in [0.25, 0.3) is 5.91 Å². The minimum atomic E-state index is -0.945. The van der Waals surface area contributed by atoms with E-state index in [2.05, 4.69) is 21.2 Å². The first kappa shape index (κ1) is 25.5. The van der Waals surface area contributed by atoms with Crippen LogP contribution >= 0.6 is 11.6 Å². The molecule has 3 rings (SSSR count). The second-order valence-electron chi connectivity index (χ2n) is 7.86. The van der Waals surface area contributed by atoms with Crippen LogP contribution in [0.4, 0.5) is 11.4 Å². The normalized spacial score (nSPS) is 10.6. The fourth-order valence-electron chi connectivity index (χ4n) is 3.07. The van der Waals surface area contributed by atoms with Crippen molar-refractivity contribution in [1.82, 2.24) is 5.43 Å². The van der Waals surface area contributed by atoms with Gasteiger partial charge in [-0.3, -0.25) is 14.4 Å². The number of benzene rings is 3. The largest absolute Gasteiger partial charge is 0.483 e. The van der Waals surface area contributed by atoms with Gasteiger partial charge in [-0.05, 0) is 62.7 Å². The van der Waals surface area contributed by atoms with Crippen molar-refractivity contribution in [2.24, 2.45) is 5.10 Å². The second kappa shape index (κ2) is 11.8. The van der Waals surface area contributed by atoms with Gasteiger partial charge in [0.1, 0.15) is 5.75 Å². The SMILES string of the molecule is Cc1ccc(NC(=O)C(=O)N/N=C\c2cc(Cl)ccc2OCC(=O)Nc2ccc(C)cc2C)cc1. The van der Waals surface area contributed by atoms with Crippen LogP contribution < -0.4 is 20.8 Å². The fraction of sp³-hybridized carbons (Fsp3) is 0.154. The molecule has 9 heteroatoms. The van der Waals surface area contributed by atoms with Crippen molar-refractivity contribution in [1.29, 1.82) is 0 Å². The zero-order valence-electron chi connectivity index (χ0n) is 19.5. The first-order valence-corrected chi connectivity index (χ1v) is 11.1. The van der Waals surface area contributed by atoms with Gasteiger partial charge >= 0.3 is 11.8 Å². The highest BCUT2D eigenvalue weighted by Gasteiger charge is 2.13. The Morgan fingerprint density at radius 1 is 0.886 bits per heavy atom. The lowest BCUT2D eigenvalue weighted by molar-refractivity contribution is -0.136. The third-order valence-electron chi connectivity index (χ3n) is 4.87. The maximum atomic E-state index is 12.4. The van der Waals surface area contributed by atoms with E-state index in [0.29, 0.717) is 27.7 Å². The Hall–Kier alpha value is -4.17. The minimum Gasteiger partial charge on any atom is -0.483 e. The molecule has 0 aliphatic heterocycles. The molecule has 3 aromatic carbocycles. The maximum absolute atomic E-state index is 12.4. The van der Waals surface area contributed by atoms with Gasteiger partial charge in [0.05, 0.1) is 6.21 Å². The molecule has 0 saturated carbocycles. The summed E-state index contributed by atoms with van der Waals surface area (Å²) in [5, 5.41) is 9.50. The van der Waals surface area contributed by atoms with Gasteiger partial charge in [0.2, 0.25) is 0 Å². The van der Waals surface area contributed by atoms with E-state index < -0.39 is 11.8 Å².